The Hall–Kier alpha value is -1.93. The van der Waals surface area contributed by atoms with E-state index in [2.05, 4.69) is 22.3 Å². The molecular weight excluding hydrogens is 446 g/mol. The highest BCUT2D eigenvalue weighted by atomic mass is 35.5. The summed E-state index contributed by atoms with van der Waals surface area (Å²) in [5.74, 6) is -0.295. The smallest absolute Gasteiger partial charge is 0.251 e. The standard InChI is InChI=1S/C24H30ClN3O3S/c25-21-12-11-20(17-23(21)32(30,31)28-15-5-2-6-16-28)24(29)26-18-22(27-13-7-8-14-27)19-9-3-1-4-10-19/h1,3-4,9-12,17,22H,2,5-8,13-16,18H2,(H,26,29)/t22-/m0/s1. The molecule has 2 aliphatic heterocycles. The molecule has 2 heterocycles. The predicted molar refractivity (Wildman–Crippen MR) is 126 cm³/mol. The van der Waals surface area contributed by atoms with Gasteiger partial charge in [-0.3, -0.25) is 9.69 Å². The molecule has 0 unspecified atom stereocenters. The maximum atomic E-state index is 13.1. The zero-order valence-electron chi connectivity index (χ0n) is 18.2. The molecule has 2 aromatic rings. The van der Waals surface area contributed by atoms with E-state index in [0.29, 0.717) is 25.2 Å². The number of benzene rings is 2. The van der Waals surface area contributed by atoms with Gasteiger partial charge in [-0.05, 0) is 62.5 Å². The predicted octanol–water partition coefficient (Wildman–Crippen LogP) is 4.08. The molecule has 0 aliphatic carbocycles. The lowest BCUT2D eigenvalue weighted by Crippen LogP contribution is -2.37. The van der Waals surface area contributed by atoms with Crippen LogP contribution in [0.15, 0.2) is 53.4 Å². The van der Waals surface area contributed by atoms with Crippen molar-refractivity contribution in [2.75, 3.05) is 32.7 Å². The van der Waals surface area contributed by atoms with Crippen LogP contribution in [-0.4, -0.2) is 56.3 Å². The molecule has 0 radical (unpaired) electrons. The van der Waals surface area contributed by atoms with E-state index in [0.717, 1.165) is 45.2 Å². The van der Waals surface area contributed by atoms with Gasteiger partial charge in [-0.1, -0.05) is 48.4 Å². The van der Waals surface area contributed by atoms with Gasteiger partial charge < -0.3 is 5.32 Å². The van der Waals surface area contributed by atoms with Gasteiger partial charge in [0.1, 0.15) is 4.90 Å². The topological polar surface area (TPSA) is 69.7 Å². The second-order valence-electron chi connectivity index (χ2n) is 8.49. The van der Waals surface area contributed by atoms with E-state index < -0.39 is 10.0 Å². The molecule has 32 heavy (non-hydrogen) atoms. The van der Waals surface area contributed by atoms with Crippen molar-refractivity contribution < 1.29 is 13.2 Å². The lowest BCUT2D eigenvalue weighted by Gasteiger charge is -2.28. The van der Waals surface area contributed by atoms with Gasteiger partial charge in [0, 0.05) is 25.2 Å². The molecule has 2 fully saturated rings. The van der Waals surface area contributed by atoms with Crippen LogP contribution in [0.1, 0.15) is 54.1 Å². The highest BCUT2D eigenvalue weighted by Gasteiger charge is 2.29. The van der Waals surface area contributed by atoms with Crippen molar-refractivity contribution in [1.82, 2.24) is 14.5 Å². The van der Waals surface area contributed by atoms with E-state index in [1.807, 2.05) is 18.2 Å². The van der Waals surface area contributed by atoms with Crippen LogP contribution in [0.4, 0.5) is 0 Å². The van der Waals surface area contributed by atoms with Gasteiger partial charge in [-0.25, -0.2) is 8.42 Å². The molecule has 6 nitrogen and oxygen atoms in total. The van der Waals surface area contributed by atoms with Crippen LogP contribution >= 0.6 is 11.6 Å². The number of rotatable bonds is 7. The highest BCUT2D eigenvalue weighted by molar-refractivity contribution is 7.89. The molecule has 8 heteroatoms. The highest BCUT2D eigenvalue weighted by Crippen LogP contribution is 2.28. The number of amides is 1. The average Bonchev–Trinajstić information content (AvgIpc) is 3.35. The third-order valence-electron chi connectivity index (χ3n) is 6.35. The first-order valence-corrected chi connectivity index (χ1v) is 13.2. The molecule has 4 rings (SSSR count). The van der Waals surface area contributed by atoms with Crippen molar-refractivity contribution in [3.05, 3.63) is 64.7 Å². The molecule has 0 spiro atoms. The van der Waals surface area contributed by atoms with E-state index in [1.165, 1.54) is 22.0 Å². The number of hydrogen-bond donors (Lipinski definition) is 1. The monoisotopic (exact) mass is 475 g/mol. The van der Waals surface area contributed by atoms with Crippen LogP contribution in [-0.2, 0) is 10.0 Å². The molecule has 2 saturated heterocycles. The molecule has 172 valence electrons. The molecule has 0 saturated carbocycles. The number of likely N-dealkylation sites (tertiary alicyclic amines) is 1. The van der Waals surface area contributed by atoms with Crippen LogP contribution in [0.5, 0.6) is 0 Å². The first kappa shape index (κ1) is 23.2. The number of nitrogens with zero attached hydrogens (tertiary/aromatic N) is 2. The quantitative estimate of drug-likeness (QED) is 0.655. The molecule has 1 N–H and O–H groups in total. The summed E-state index contributed by atoms with van der Waals surface area (Å²) in [5.41, 5.74) is 1.47. The fourth-order valence-corrected chi connectivity index (χ4v) is 6.58. The minimum atomic E-state index is -3.72. The maximum Gasteiger partial charge on any atom is 0.251 e. The van der Waals surface area contributed by atoms with Gasteiger partial charge in [0.05, 0.1) is 11.1 Å². The van der Waals surface area contributed by atoms with E-state index in [-0.39, 0.29) is 21.9 Å². The Bertz CT molecular complexity index is 1030. The number of nitrogens with one attached hydrogen (secondary N) is 1. The summed E-state index contributed by atoms with van der Waals surface area (Å²) in [6.45, 7) is 3.45. The Labute approximate surface area is 195 Å². The number of sulfonamides is 1. The summed E-state index contributed by atoms with van der Waals surface area (Å²) in [6.07, 6.45) is 5.03. The van der Waals surface area contributed by atoms with Crippen LogP contribution < -0.4 is 5.32 Å². The van der Waals surface area contributed by atoms with Gasteiger partial charge in [0.2, 0.25) is 10.0 Å². The van der Waals surface area contributed by atoms with E-state index >= 15 is 0 Å². The van der Waals surface area contributed by atoms with Crippen molar-refractivity contribution in [2.45, 2.75) is 43.0 Å². The Kier molecular flexibility index (Phi) is 7.51. The number of halogens is 1. The summed E-state index contributed by atoms with van der Waals surface area (Å²) >= 11 is 6.25. The van der Waals surface area contributed by atoms with Crippen molar-refractivity contribution in [3.63, 3.8) is 0 Å². The second-order valence-corrected chi connectivity index (χ2v) is 10.8. The SMILES string of the molecule is O=C(NC[C@@H](c1ccccc1)N1CCCC1)c1ccc(Cl)c(S(=O)(=O)N2CCCCC2)c1. The van der Waals surface area contributed by atoms with Crippen molar-refractivity contribution in [1.29, 1.82) is 0 Å². The van der Waals surface area contributed by atoms with E-state index in [4.69, 9.17) is 11.6 Å². The summed E-state index contributed by atoms with van der Waals surface area (Å²) < 4.78 is 27.7. The van der Waals surface area contributed by atoms with Crippen LogP contribution in [0.3, 0.4) is 0 Å². The van der Waals surface area contributed by atoms with Gasteiger partial charge in [-0.15, -0.1) is 0 Å². The molecule has 0 bridgehead atoms. The van der Waals surface area contributed by atoms with Gasteiger partial charge in [0.25, 0.3) is 5.91 Å². The first-order valence-electron chi connectivity index (χ1n) is 11.3. The van der Waals surface area contributed by atoms with Crippen molar-refractivity contribution in [2.24, 2.45) is 0 Å². The maximum absolute atomic E-state index is 13.1. The van der Waals surface area contributed by atoms with Gasteiger partial charge in [-0.2, -0.15) is 4.31 Å². The largest absolute Gasteiger partial charge is 0.350 e. The summed E-state index contributed by atoms with van der Waals surface area (Å²) in [7, 11) is -3.72. The fourth-order valence-electron chi connectivity index (χ4n) is 4.56. The van der Waals surface area contributed by atoms with Gasteiger partial charge >= 0.3 is 0 Å². The van der Waals surface area contributed by atoms with Gasteiger partial charge in [0.15, 0.2) is 0 Å². The molecule has 1 atom stereocenters. The number of piperidine rings is 1. The average molecular weight is 476 g/mol. The number of carbonyl (C=O) groups is 1. The van der Waals surface area contributed by atoms with Crippen LogP contribution in [0, 0.1) is 0 Å². The number of carbonyl (C=O) groups excluding carboxylic acids is 1. The molecule has 2 aromatic carbocycles. The van der Waals surface area contributed by atoms with Crippen LogP contribution in [0.2, 0.25) is 5.02 Å². The van der Waals surface area contributed by atoms with Crippen molar-refractivity contribution in [3.8, 4) is 0 Å². The minimum Gasteiger partial charge on any atom is -0.350 e. The Morgan fingerprint density at radius 3 is 2.28 bits per heavy atom. The normalized spacial score (nSPS) is 19.0. The molecule has 0 aromatic heterocycles. The Morgan fingerprint density at radius 1 is 0.938 bits per heavy atom. The van der Waals surface area contributed by atoms with E-state index in [1.54, 1.807) is 6.07 Å². The molecular formula is C24H30ClN3O3S. The summed E-state index contributed by atoms with van der Waals surface area (Å²) in [6, 6.07) is 14.8. The fraction of sp³-hybridized carbons (Fsp3) is 0.458. The third kappa shape index (κ3) is 5.17. The van der Waals surface area contributed by atoms with E-state index in [9.17, 15) is 13.2 Å². The number of hydrogen-bond acceptors (Lipinski definition) is 4. The first-order chi connectivity index (χ1) is 15.5. The van der Waals surface area contributed by atoms with Crippen LogP contribution in [0.25, 0.3) is 0 Å². The zero-order valence-corrected chi connectivity index (χ0v) is 19.7. The molecule has 1 amide bonds. The summed E-state index contributed by atoms with van der Waals surface area (Å²) in [5, 5.41) is 3.16. The summed E-state index contributed by atoms with van der Waals surface area (Å²) in [4.78, 5) is 15.4. The second kappa shape index (κ2) is 10.3. The molecule has 2 aliphatic rings. The third-order valence-corrected chi connectivity index (χ3v) is 8.73. The zero-order chi connectivity index (χ0) is 22.6. The lowest BCUT2D eigenvalue weighted by atomic mass is 10.1. The lowest BCUT2D eigenvalue weighted by molar-refractivity contribution is 0.0937. The van der Waals surface area contributed by atoms with Crippen molar-refractivity contribution >= 4 is 27.5 Å². The Balaban J connectivity index is 1.51. The minimum absolute atomic E-state index is 0.00729. The Morgan fingerprint density at radius 2 is 1.59 bits per heavy atom.